The number of amides is 1. The van der Waals surface area contributed by atoms with Crippen LogP contribution >= 0.6 is 0 Å². The highest BCUT2D eigenvalue weighted by atomic mass is 16.6. The van der Waals surface area contributed by atoms with Gasteiger partial charge in [0.05, 0.1) is 13.2 Å². The fourth-order valence-corrected chi connectivity index (χ4v) is 2.56. The van der Waals surface area contributed by atoms with Gasteiger partial charge in [-0.1, -0.05) is 0 Å². The molecule has 0 aromatic heterocycles. The van der Waals surface area contributed by atoms with Crippen molar-refractivity contribution in [1.29, 1.82) is 0 Å². The van der Waals surface area contributed by atoms with Crippen LogP contribution in [0.25, 0.3) is 0 Å². The second-order valence-corrected chi connectivity index (χ2v) is 6.50. The molecular weight excluding hydrogens is 258 g/mol. The van der Waals surface area contributed by atoms with Gasteiger partial charge in [-0.05, 0) is 27.2 Å². The number of nitrogens with one attached hydrogen (secondary N) is 2. The van der Waals surface area contributed by atoms with Crippen LogP contribution in [0.3, 0.4) is 0 Å². The van der Waals surface area contributed by atoms with Crippen LogP contribution in [-0.2, 0) is 9.47 Å². The van der Waals surface area contributed by atoms with E-state index in [0.717, 1.165) is 39.3 Å². The molecule has 0 aromatic rings. The Kier molecular flexibility index (Phi) is 5.23. The summed E-state index contributed by atoms with van der Waals surface area (Å²) >= 11 is 0. The first-order valence-electron chi connectivity index (χ1n) is 7.47. The van der Waals surface area contributed by atoms with Gasteiger partial charge >= 0.3 is 6.09 Å². The molecule has 2 fully saturated rings. The van der Waals surface area contributed by atoms with Crippen molar-refractivity contribution in [3.8, 4) is 0 Å². The van der Waals surface area contributed by atoms with Gasteiger partial charge in [-0.2, -0.15) is 0 Å². The van der Waals surface area contributed by atoms with Crippen molar-refractivity contribution in [2.45, 2.75) is 44.9 Å². The highest BCUT2D eigenvalue weighted by Gasteiger charge is 2.32. The monoisotopic (exact) mass is 285 g/mol. The minimum Gasteiger partial charge on any atom is -0.444 e. The summed E-state index contributed by atoms with van der Waals surface area (Å²) in [6.45, 7) is 10.9. The molecule has 0 spiro atoms. The Morgan fingerprint density at radius 2 is 2.20 bits per heavy atom. The smallest absolute Gasteiger partial charge is 0.407 e. The van der Waals surface area contributed by atoms with Crippen LogP contribution in [0.1, 0.15) is 27.2 Å². The molecule has 0 aromatic carbocycles. The fourth-order valence-electron chi connectivity index (χ4n) is 2.56. The number of hydrogen-bond acceptors (Lipinski definition) is 5. The Morgan fingerprint density at radius 3 is 2.80 bits per heavy atom. The summed E-state index contributed by atoms with van der Waals surface area (Å²) in [5, 5.41) is 6.13. The standard InChI is InChI=1S/C14H27N3O3/c1-14(2,3)20-13(18)16-5-4-11-10-19-7-6-17(11)12-8-15-9-12/h11-12,15H,4-10H2,1-3H3,(H,16,18)/t11-/m1/s1. The van der Waals surface area contributed by atoms with E-state index in [1.54, 1.807) is 0 Å². The summed E-state index contributed by atoms with van der Waals surface area (Å²) in [6, 6.07) is 1.02. The van der Waals surface area contributed by atoms with Crippen molar-refractivity contribution in [1.82, 2.24) is 15.5 Å². The molecule has 116 valence electrons. The van der Waals surface area contributed by atoms with Gasteiger partial charge in [0.25, 0.3) is 0 Å². The number of nitrogens with zero attached hydrogens (tertiary/aromatic N) is 1. The molecule has 2 heterocycles. The topological polar surface area (TPSA) is 62.8 Å². The Balaban J connectivity index is 1.70. The number of carbonyl (C=O) groups is 1. The van der Waals surface area contributed by atoms with Crippen molar-refractivity contribution in [2.24, 2.45) is 0 Å². The third kappa shape index (κ3) is 4.61. The highest BCUT2D eigenvalue weighted by molar-refractivity contribution is 5.67. The van der Waals surface area contributed by atoms with E-state index >= 15 is 0 Å². The minimum absolute atomic E-state index is 0.342. The number of rotatable bonds is 4. The van der Waals surface area contributed by atoms with Crippen LogP contribution in [0.15, 0.2) is 0 Å². The predicted molar refractivity (Wildman–Crippen MR) is 76.8 cm³/mol. The predicted octanol–water partition coefficient (Wildman–Crippen LogP) is 0.574. The molecule has 2 aliphatic rings. The third-order valence-corrected chi connectivity index (χ3v) is 3.65. The van der Waals surface area contributed by atoms with Gasteiger partial charge in [-0.15, -0.1) is 0 Å². The lowest BCUT2D eigenvalue weighted by atomic mass is 10.0. The number of hydrogen-bond donors (Lipinski definition) is 2. The van der Waals surface area contributed by atoms with Crippen LogP contribution in [-0.4, -0.2) is 68.1 Å². The highest BCUT2D eigenvalue weighted by Crippen LogP contribution is 2.16. The Morgan fingerprint density at radius 1 is 1.45 bits per heavy atom. The third-order valence-electron chi connectivity index (χ3n) is 3.65. The molecule has 0 unspecified atom stereocenters. The largest absolute Gasteiger partial charge is 0.444 e. The molecule has 2 rings (SSSR count). The van der Waals surface area contributed by atoms with Crippen molar-refractivity contribution in [3.05, 3.63) is 0 Å². The average molecular weight is 285 g/mol. The maximum Gasteiger partial charge on any atom is 0.407 e. The lowest BCUT2D eigenvalue weighted by molar-refractivity contribution is -0.0416. The van der Waals surface area contributed by atoms with Crippen LogP contribution in [0.4, 0.5) is 4.79 Å². The minimum atomic E-state index is -0.443. The number of carbonyl (C=O) groups excluding carboxylic acids is 1. The van der Waals surface area contributed by atoms with E-state index in [1.165, 1.54) is 0 Å². The molecule has 0 bridgehead atoms. The summed E-state index contributed by atoms with van der Waals surface area (Å²) in [6.07, 6.45) is 0.557. The number of ether oxygens (including phenoxy) is 2. The van der Waals surface area contributed by atoms with Crippen molar-refractivity contribution in [2.75, 3.05) is 39.4 Å². The van der Waals surface area contributed by atoms with Gasteiger partial charge in [0.2, 0.25) is 0 Å². The number of morpholine rings is 1. The maximum absolute atomic E-state index is 11.6. The van der Waals surface area contributed by atoms with Crippen molar-refractivity contribution >= 4 is 6.09 Å². The lowest BCUT2D eigenvalue weighted by Gasteiger charge is -2.45. The maximum atomic E-state index is 11.6. The average Bonchev–Trinajstić information content (AvgIpc) is 2.26. The molecule has 6 nitrogen and oxygen atoms in total. The molecule has 2 N–H and O–H groups in total. The second kappa shape index (κ2) is 6.74. The zero-order valence-electron chi connectivity index (χ0n) is 12.8. The first-order chi connectivity index (χ1) is 9.46. The molecule has 0 saturated carbocycles. The second-order valence-electron chi connectivity index (χ2n) is 6.50. The quantitative estimate of drug-likeness (QED) is 0.791. The molecule has 1 amide bonds. The first-order valence-corrected chi connectivity index (χ1v) is 7.47. The van der Waals surface area contributed by atoms with Crippen molar-refractivity contribution in [3.63, 3.8) is 0 Å². The zero-order chi connectivity index (χ0) is 14.6. The van der Waals surface area contributed by atoms with E-state index in [2.05, 4.69) is 15.5 Å². The summed E-state index contributed by atoms with van der Waals surface area (Å²) < 4.78 is 10.8. The zero-order valence-corrected chi connectivity index (χ0v) is 12.8. The number of alkyl carbamates (subject to hydrolysis) is 1. The van der Waals surface area contributed by atoms with Gasteiger partial charge in [-0.3, -0.25) is 4.90 Å². The van der Waals surface area contributed by atoms with E-state index in [0.29, 0.717) is 18.6 Å². The van der Waals surface area contributed by atoms with Crippen LogP contribution in [0.2, 0.25) is 0 Å². The summed E-state index contributed by atoms with van der Waals surface area (Å²) in [5.74, 6) is 0. The molecule has 1 atom stereocenters. The SMILES string of the molecule is CC(C)(C)OC(=O)NCC[C@@H]1COCCN1C1CNC1. The van der Waals surface area contributed by atoms with Crippen molar-refractivity contribution < 1.29 is 14.3 Å². The Labute approximate surface area is 121 Å². The Bertz CT molecular complexity index is 326. The van der Waals surface area contributed by atoms with E-state index in [-0.39, 0.29) is 6.09 Å². The van der Waals surface area contributed by atoms with Gasteiger partial charge in [0.1, 0.15) is 5.60 Å². The molecule has 0 radical (unpaired) electrons. The molecule has 0 aliphatic carbocycles. The fraction of sp³-hybridized carbons (Fsp3) is 0.929. The van der Waals surface area contributed by atoms with E-state index in [1.807, 2.05) is 20.8 Å². The van der Waals surface area contributed by atoms with E-state index in [4.69, 9.17) is 9.47 Å². The summed E-state index contributed by atoms with van der Waals surface area (Å²) in [4.78, 5) is 14.1. The van der Waals surface area contributed by atoms with Gasteiger partial charge < -0.3 is 20.1 Å². The summed E-state index contributed by atoms with van der Waals surface area (Å²) in [5.41, 5.74) is -0.443. The molecule has 20 heavy (non-hydrogen) atoms. The molecular formula is C14H27N3O3. The molecule has 6 heteroatoms. The molecule has 2 saturated heterocycles. The van der Waals surface area contributed by atoms with Crippen LogP contribution in [0, 0.1) is 0 Å². The van der Waals surface area contributed by atoms with E-state index in [9.17, 15) is 4.79 Å². The van der Waals surface area contributed by atoms with Gasteiger partial charge in [0, 0.05) is 38.3 Å². The lowest BCUT2D eigenvalue weighted by Crippen LogP contribution is -2.63. The van der Waals surface area contributed by atoms with E-state index < -0.39 is 5.60 Å². The van der Waals surface area contributed by atoms with Crippen LogP contribution in [0.5, 0.6) is 0 Å². The van der Waals surface area contributed by atoms with Gasteiger partial charge in [0.15, 0.2) is 0 Å². The van der Waals surface area contributed by atoms with Gasteiger partial charge in [-0.25, -0.2) is 4.79 Å². The first kappa shape index (κ1) is 15.5. The Hall–Kier alpha value is -0.850. The normalized spacial score (nSPS) is 25.1. The molecule has 2 aliphatic heterocycles. The van der Waals surface area contributed by atoms with Crippen LogP contribution < -0.4 is 10.6 Å². The summed E-state index contributed by atoms with van der Waals surface area (Å²) in [7, 11) is 0.